The van der Waals surface area contributed by atoms with Crippen LogP contribution in [0.3, 0.4) is 0 Å². The molecule has 0 aliphatic heterocycles. The highest BCUT2D eigenvalue weighted by Gasteiger charge is 2.21. The van der Waals surface area contributed by atoms with E-state index in [1.807, 2.05) is 19.2 Å². The first-order valence-corrected chi connectivity index (χ1v) is 7.84. The van der Waals surface area contributed by atoms with E-state index in [0.717, 1.165) is 26.1 Å². The average Bonchev–Trinajstić information content (AvgIpc) is 2.96. The van der Waals surface area contributed by atoms with Crippen molar-refractivity contribution in [2.24, 2.45) is 0 Å². The molecule has 2 nitrogen and oxygen atoms in total. The van der Waals surface area contributed by atoms with E-state index in [1.165, 1.54) is 31.4 Å². The van der Waals surface area contributed by atoms with Gasteiger partial charge >= 0.3 is 0 Å². The van der Waals surface area contributed by atoms with Crippen molar-refractivity contribution in [2.45, 2.75) is 31.6 Å². The van der Waals surface area contributed by atoms with Crippen molar-refractivity contribution in [3.63, 3.8) is 0 Å². The molecular formula is C15H16BrClN2. The average molecular weight is 340 g/mol. The lowest BCUT2D eigenvalue weighted by molar-refractivity contribution is 0.701. The molecule has 0 atom stereocenters. The Labute approximate surface area is 126 Å². The number of halogens is 2. The monoisotopic (exact) mass is 338 g/mol. The fourth-order valence-electron chi connectivity index (χ4n) is 2.92. The second-order valence-corrected chi connectivity index (χ2v) is 6.34. The van der Waals surface area contributed by atoms with Crippen molar-refractivity contribution in [1.82, 2.24) is 4.98 Å². The molecular weight excluding hydrogens is 324 g/mol. The number of rotatable bonds is 2. The molecule has 4 heteroatoms. The Hall–Kier alpha value is -0.800. The standard InChI is InChI=1S/C15H16BrClN2/c1-18-13-8-12(9-4-2-3-5-9)19-15-11(17)7-6-10(16)14(13)15/h6-9H,2-5H2,1H3,(H,18,19). The van der Waals surface area contributed by atoms with Gasteiger partial charge in [0.25, 0.3) is 0 Å². The number of hydrogen-bond donors (Lipinski definition) is 1. The Morgan fingerprint density at radius 1 is 1.32 bits per heavy atom. The number of nitrogens with one attached hydrogen (secondary N) is 1. The predicted octanol–water partition coefficient (Wildman–Crippen LogP) is 5.35. The molecule has 1 aromatic carbocycles. The zero-order valence-electron chi connectivity index (χ0n) is 10.8. The summed E-state index contributed by atoms with van der Waals surface area (Å²) in [7, 11) is 1.94. The third kappa shape index (κ3) is 2.34. The molecule has 1 heterocycles. The number of fused-ring (bicyclic) bond motifs is 1. The number of anilines is 1. The van der Waals surface area contributed by atoms with Crippen LogP contribution in [-0.4, -0.2) is 12.0 Å². The van der Waals surface area contributed by atoms with Crippen molar-refractivity contribution in [3.05, 3.63) is 33.4 Å². The lowest BCUT2D eigenvalue weighted by Gasteiger charge is -2.15. The van der Waals surface area contributed by atoms with Crippen LogP contribution in [0.15, 0.2) is 22.7 Å². The molecule has 0 bridgehead atoms. The van der Waals surface area contributed by atoms with Crippen molar-refractivity contribution >= 4 is 44.1 Å². The van der Waals surface area contributed by atoms with Gasteiger partial charge in [0, 0.05) is 34.2 Å². The first-order chi connectivity index (χ1) is 9.20. The highest BCUT2D eigenvalue weighted by molar-refractivity contribution is 9.10. The maximum Gasteiger partial charge on any atom is 0.0923 e. The van der Waals surface area contributed by atoms with Crippen LogP contribution in [0, 0.1) is 0 Å². The van der Waals surface area contributed by atoms with Crippen LogP contribution in [0.4, 0.5) is 5.69 Å². The number of pyridine rings is 1. The van der Waals surface area contributed by atoms with Gasteiger partial charge in [0.15, 0.2) is 0 Å². The van der Waals surface area contributed by atoms with Gasteiger partial charge in [-0.1, -0.05) is 40.4 Å². The molecule has 0 saturated heterocycles. The lowest BCUT2D eigenvalue weighted by Crippen LogP contribution is -2.01. The summed E-state index contributed by atoms with van der Waals surface area (Å²) in [4.78, 5) is 4.82. The maximum atomic E-state index is 6.33. The summed E-state index contributed by atoms with van der Waals surface area (Å²) in [5, 5.41) is 5.06. The maximum absolute atomic E-state index is 6.33. The van der Waals surface area contributed by atoms with E-state index in [2.05, 4.69) is 27.3 Å². The summed E-state index contributed by atoms with van der Waals surface area (Å²) in [5.41, 5.74) is 3.17. The third-order valence-corrected chi connectivity index (χ3v) is 4.89. The molecule has 0 amide bonds. The number of nitrogens with zero attached hydrogens (tertiary/aromatic N) is 1. The molecule has 1 saturated carbocycles. The summed E-state index contributed by atoms with van der Waals surface area (Å²) in [6, 6.07) is 6.06. The molecule has 1 aromatic heterocycles. The molecule has 1 aliphatic rings. The van der Waals surface area contributed by atoms with Crippen molar-refractivity contribution < 1.29 is 0 Å². The highest BCUT2D eigenvalue weighted by atomic mass is 79.9. The topological polar surface area (TPSA) is 24.9 Å². The first-order valence-electron chi connectivity index (χ1n) is 6.67. The molecule has 0 radical (unpaired) electrons. The van der Waals surface area contributed by atoms with Gasteiger partial charge in [-0.3, -0.25) is 4.98 Å². The minimum absolute atomic E-state index is 0.589. The van der Waals surface area contributed by atoms with Gasteiger partial charge in [-0.25, -0.2) is 0 Å². The third-order valence-electron chi connectivity index (χ3n) is 3.92. The van der Waals surface area contributed by atoms with Gasteiger partial charge in [0.2, 0.25) is 0 Å². The zero-order valence-corrected chi connectivity index (χ0v) is 13.2. The zero-order chi connectivity index (χ0) is 13.4. The van der Waals surface area contributed by atoms with Crippen LogP contribution in [0.25, 0.3) is 10.9 Å². The van der Waals surface area contributed by atoms with Crippen LogP contribution in [-0.2, 0) is 0 Å². The molecule has 2 aromatic rings. The van der Waals surface area contributed by atoms with Crippen LogP contribution < -0.4 is 5.32 Å². The van der Waals surface area contributed by atoms with Gasteiger partial charge in [-0.05, 0) is 31.0 Å². The molecule has 0 unspecified atom stereocenters. The smallest absolute Gasteiger partial charge is 0.0923 e. The highest BCUT2D eigenvalue weighted by Crippen LogP contribution is 2.39. The molecule has 1 fully saturated rings. The fourth-order valence-corrected chi connectivity index (χ4v) is 3.65. The SMILES string of the molecule is CNc1cc(C2CCCC2)nc2c(Cl)ccc(Br)c12. The molecule has 3 rings (SSSR count). The first kappa shape index (κ1) is 13.2. The van der Waals surface area contributed by atoms with E-state index in [4.69, 9.17) is 16.6 Å². The van der Waals surface area contributed by atoms with Crippen LogP contribution in [0.5, 0.6) is 0 Å². The Bertz CT molecular complexity index is 621. The van der Waals surface area contributed by atoms with E-state index in [-0.39, 0.29) is 0 Å². The van der Waals surface area contributed by atoms with Gasteiger partial charge in [0.05, 0.1) is 10.5 Å². The Balaban J connectivity index is 2.24. The Morgan fingerprint density at radius 3 is 2.74 bits per heavy atom. The summed E-state index contributed by atoms with van der Waals surface area (Å²) < 4.78 is 1.03. The number of benzene rings is 1. The van der Waals surface area contributed by atoms with Crippen LogP contribution in [0.2, 0.25) is 5.02 Å². The van der Waals surface area contributed by atoms with E-state index >= 15 is 0 Å². The number of hydrogen-bond acceptors (Lipinski definition) is 2. The minimum atomic E-state index is 0.589. The molecule has 0 spiro atoms. The summed E-state index contributed by atoms with van der Waals surface area (Å²) in [5.74, 6) is 0.589. The lowest BCUT2D eigenvalue weighted by atomic mass is 10.0. The predicted molar refractivity (Wildman–Crippen MR) is 85.2 cm³/mol. The van der Waals surface area contributed by atoms with Crippen LogP contribution >= 0.6 is 27.5 Å². The van der Waals surface area contributed by atoms with E-state index in [0.29, 0.717) is 5.92 Å². The van der Waals surface area contributed by atoms with Gasteiger partial charge in [0.1, 0.15) is 0 Å². The Kier molecular flexibility index (Phi) is 3.68. The van der Waals surface area contributed by atoms with Crippen molar-refractivity contribution in [1.29, 1.82) is 0 Å². The largest absolute Gasteiger partial charge is 0.387 e. The van der Waals surface area contributed by atoms with Gasteiger partial charge < -0.3 is 5.32 Å². The quantitative estimate of drug-likeness (QED) is 0.797. The molecule has 100 valence electrons. The summed E-state index contributed by atoms with van der Waals surface area (Å²) in [6.45, 7) is 0. The van der Waals surface area contributed by atoms with E-state index < -0.39 is 0 Å². The van der Waals surface area contributed by atoms with Crippen LogP contribution in [0.1, 0.15) is 37.3 Å². The fraction of sp³-hybridized carbons (Fsp3) is 0.400. The summed E-state index contributed by atoms with van der Waals surface area (Å²) >= 11 is 9.92. The van der Waals surface area contributed by atoms with Crippen molar-refractivity contribution in [3.8, 4) is 0 Å². The molecule has 1 aliphatic carbocycles. The number of aromatic nitrogens is 1. The van der Waals surface area contributed by atoms with Gasteiger partial charge in [-0.2, -0.15) is 0 Å². The van der Waals surface area contributed by atoms with E-state index in [9.17, 15) is 0 Å². The minimum Gasteiger partial charge on any atom is -0.387 e. The van der Waals surface area contributed by atoms with Gasteiger partial charge in [-0.15, -0.1) is 0 Å². The second-order valence-electron chi connectivity index (χ2n) is 5.08. The van der Waals surface area contributed by atoms with Crippen molar-refractivity contribution in [2.75, 3.05) is 12.4 Å². The normalized spacial score (nSPS) is 16.2. The van der Waals surface area contributed by atoms with E-state index in [1.54, 1.807) is 0 Å². The molecule has 19 heavy (non-hydrogen) atoms. The Morgan fingerprint density at radius 2 is 2.05 bits per heavy atom. The second kappa shape index (κ2) is 5.29. The summed E-state index contributed by atoms with van der Waals surface area (Å²) in [6.07, 6.45) is 5.11. The molecule has 1 N–H and O–H groups in total.